The van der Waals surface area contributed by atoms with Crippen molar-refractivity contribution in [3.63, 3.8) is 0 Å². The summed E-state index contributed by atoms with van der Waals surface area (Å²) in [7, 11) is 0. The van der Waals surface area contributed by atoms with Gasteiger partial charge in [-0.15, -0.1) is 0 Å². The Bertz CT molecular complexity index is 1030. The third-order valence-corrected chi connectivity index (χ3v) is 6.04. The van der Waals surface area contributed by atoms with E-state index < -0.39 is 0 Å². The lowest BCUT2D eigenvalue weighted by atomic mass is 10.0. The molecule has 5 nitrogen and oxygen atoms in total. The summed E-state index contributed by atoms with van der Waals surface area (Å²) in [4.78, 5) is 18.3. The second-order valence-corrected chi connectivity index (χ2v) is 7.86. The van der Waals surface area contributed by atoms with Crippen LogP contribution in [0.3, 0.4) is 0 Å². The summed E-state index contributed by atoms with van der Waals surface area (Å²) in [6.07, 6.45) is 6.49. The van der Waals surface area contributed by atoms with Crippen molar-refractivity contribution in [1.82, 2.24) is 9.88 Å². The molecule has 2 aromatic carbocycles. The Balaban J connectivity index is 1.23. The lowest BCUT2D eigenvalue weighted by molar-refractivity contribution is -0.132. The maximum Gasteiger partial charge on any atom is 0.223 e. The molecule has 1 atom stereocenters. The molecule has 3 aromatic rings. The molecule has 2 aliphatic rings. The van der Waals surface area contributed by atoms with E-state index in [1.165, 1.54) is 10.9 Å². The van der Waals surface area contributed by atoms with E-state index in [1.807, 2.05) is 12.1 Å². The van der Waals surface area contributed by atoms with Crippen LogP contribution in [0.4, 0.5) is 0 Å². The summed E-state index contributed by atoms with van der Waals surface area (Å²) in [6, 6.07) is 14.6. The molecule has 1 aromatic heterocycles. The highest BCUT2D eigenvalue weighted by atomic mass is 16.6. The fourth-order valence-corrected chi connectivity index (χ4v) is 4.59. The number of aryl methyl sites for hydroxylation is 1. The van der Waals surface area contributed by atoms with Gasteiger partial charge in [-0.25, -0.2) is 0 Å². The first kappa shape index (κ1) is 18.1. The van der Waals surface area contributed by atoms with E-state index in [9.17, 15) is 4.79 Å². The second kappa shape index (κ2) is 7.82. The summed E-state index contributed by atoms with van der Waals surface area (Å²) in [5.41, 5.74) is 3.60. The average Bonchev–Trinajstić information content (AvgIpc) is 3.41. The van der Waals surface area contributed by atoms with E-state index >= 15 is 0 Å². The number of likely N-dealkylation sites (tertiary alicyclic amines) is 1. The fraction of sp³-hybridized carbons (Fsp3) is 0.375. The number of rotatable bonds is 5. The van der Waals surface area contributed by atoms with Crippen LogP contribution in [-0.4, -0.2) is 35.5 Å². The molecular formula is C24H26N2O3. The zero-order valence-corrected chi connectivity index (χ0v) is 16.5. The van der Waals surface area contributed by atoms with Crippen molar-refractivity contribution in [1.29, 1.82) is 0 Å². The fourth-order valence-electron chi connectivity index (χ4n) is 4.59. The Kier molecular flexibility index (Phi) is 4.88. The molecule has 5 heteroatoms. The number of nitrogens with zero attached hydrogens (tertiary/aromatic N) is 1. The Morgan fingerprint density at radius 1 is 1.10 bits per heavy atom. The first-order valence-corrected chi connectivity index (χ1v) is 10.5. The van der Waals surface area contributed by atoms with Crippen molar-refractivity contribution in [2.45, 2.75) is 38.1 Å². The normalized spacial score (nSPS) is 18.3. The van der Waals surface area contributed by atoms with Gasteiger partial charge in [0.15, 0.2) is 11.5 Å². The molecule has 29 heavy (non-hydrogen) atoms. The van der Waals surface area contributed by atoms with Crippen LogP contribution in [0.5, 0.6) is 11.5 Å². The van der Waals surface area contributed by atoms with Gasteiger partial charge in [-0.05, 0) is 55.0 Å². The van der Waals surface area contributed by atoms with Crippen molar-refractivity contribution >= 4 is 16.8 Å². The zero-order valence-electron chi connectivity index (χ0n) is 16.5. The van der Waals surface area contributed by atoms with Crippen LogP contribution in [0, 0.1) is 0 Å². The third kappa shape index (κ3) is 3.57. The van der Waals surface area contributed by atoms with Crippen LogP contribution in [-0.2, 0) is 11.2 Å². The molecule has 1 fully saturated rings. The number of hydrogen-bond acceptors (Lipinski definition) is 3. The van der Waals surface area contributed by atoms with Gasteiger partial charge in [0.1, 0.15) is 13.2 Å². The summed E-state index contributed by atoms with van der Waals surface area (Å²) >= 11 is 0. The largest absolute Gasteiger partial charge is 0.486 e. The molecule has 0 bridgehead atoms. The summed E-state index contributed by atoms with van der Waals surface area (Å²) in [6.45, 7) is 2.01. The van der Waals surface area contributed by atoms with Gasteiger partial charge in [-0.3, -0.25) is 4.79 Å². The Hall–Kier alpha value is -2.95. The van der Waals surface area contributed by atoms with E-state index in [2.05, 4.69) is 46.4 Å². The molecule has 0 spiro atoms. The quantitative estimate of drug-likeness (QED) is 0.691. The molecule has 0 unspecified atom stereocenters. The van der Waals surface area contributed by atoms with Gasteiger partial charge in [0.25, 0.3) is 0 Å². The molecule has 0 aliphatic carbocycles. The molecule has 2 aliphatic heterocycles. The number of para-hydroxylation sites is 1. The van der Waals surface area contributed by atoms with Crippen molar-refractivity contribution in [2.24, 2.45) is 0 Å². The van der Waals surface area contributed by atoms with Crippen molar-refractivity contribution < 1.29 is 14.3 Å². The number of fused-ring (bicyclic) bond motifs is 2. The Morgan fingerprint density at radius 3 is 2.90 bits per heavy atom. The summed E-state index contributed by atoms with van der Waals surface area (Å²) in [5.74, 6) is 1.85. The minimum absolute atomic E-state index is 0.145. The molecule has 1 N–H and O–H groups in total. The van der Waals surface area contributed by atoms with Gasteiger partial charge in [0.2, 0.25) is 5.91 Å². The van der Waals surface area contributed by atoms with Crippen molar-refractivity contribution in [3.8, 4) is 11.5 Å². The lowest BCUT2D eigenvalue weighted by Crippen LogP contribution is -2.30. The van der Waals surface area contributed by atoms with Crippen LogP contribution in [0.1, 0.15) is 42.9 Å². The lowest BCUT2D eigenvalue weighted by Gasteiger charge is -2.27. The van der Waals surface area contributed by atoms with Gasteiger partial charge >= 0.3 is 0 Å². The highest BCUT2D eigenvalue weighted by molar-refractivity contribution is 5.83. The molecule has 1 saturated heterocycles. The van der Waals surface area contributed by atoms with E-state index in [-0.39, 0.29) is 11.9 Å². The van der Waals surface area contributed by atoms with Crippen LogP contribution in [0.25, 0.3) is 10.9 Å². The summed E-state index contributed by atoms with van der Waals surface area (Å²) < 4.78 is 11.4. The minimum Gasteiger partial charge on any atom is -0.486 e. The van der Waals surface area contributed by atoms with Gasteiger partial charge in [0.05, 0.1) is 6.04 Å². The number of aromatic nitrogens is 1. The number of H-pyrrole nitrogens is 1. The van der Waals surface area contributed by atoms with Gasteiger partial charge in [0, 0.05) is 30.1 Å². The van der Waals surface area contributed by atoms with E-state index in [1.54, 1.807) is 0 Å². The molecule has 0 saturated carbocycles. The summed E-state index contributed by atoms with van der Waals surface area (Å²) in [5, 5.41) is 1.26. The Labute approximate surface area is 170 Å². The average molecular weight is 390 g/mol. The standard InChI is InChI=1S/C24H26N2O3/c27-24(9-3-5-18-16-25-20-7-2-1-6-19(18)20)26-12-4-8-21(26)17-10-11-22-23(15-17)29-14-13-28-22/h1-2,6-7,10-11,15-16,21,25H,3-5,8-9,12-14H2/t21-/m1/s1. The number of amides is 1. The van der Waals surface area contributed by atoms with Crippen molar-refractivity contribution in [2.75, 3.05) is 19.8 Å². The monoisotopic (exact) mass is 390 g/mol. The molecule has 1 amide bonds. The zero-order chi connectivity index (χ0) is 19.6. The van der Waals surface area contributed by atoms with Gasteiger partial charge in [-0.1, -0.05) is 24.3 Å². The van der Waals surface area contributed by atoms with Crippen molar-refractivity contribution in [3.05, 3.63) is 59.8 Å². The number of carbonyl (C=O) groups excluding carboxylic acids is 1. The number of nitrogens with one attached hydrogen (secondary N) is 1. The van der Waals surface area contributed by atoms with E-state index in [0.29, 0.717) is 19.6 Å². The van der Waals surface area contributed by atoms with E-state index in [0.717, 1.165) is 54.8 Å². The van der Waals surface area contributed by atoms with Gasteiger partial charge < -0.3 is 19.4 Å². The van der Waals surface area contributed by atoms with Gasteiger partial charge in [-0.2, -0.15) is 0 Å². The van der Waals surface area contributed by atoms with E-state index in [4.69, 9.17) is 9.47 Å². The highest BCUT2D eigenvalue weighted by Crippen LogP contribution is 2.38. The second-order valence-electron chi connectivity index (χ2n) is 7.86. The maximum absolute atomic E-state index is 13.0. The number of benzene rings is 2. The first-order chi connectivity index (χ1) is 14.3. The van der Waals surface area contributed by atoms with Crippen LogP contribution in [0.15, 0.2) is 48.7 Å². The minimum atomic E-state index is 0.145. The van der Waals surface area contributed by atoms with Crippen LogP contribution < -0.4 is 9.47 Å². The first-order valence-electron chi connectivity index (χ1n) is 10.5. The SMILES string of the molecule is O=C(CCCc1c[nH]c2ccccc12)N1CCC[C@@H]1c1ccc2c(c1)OCCO2. The highest BCUT2D eigenvalue weighted by Gasteiger charge is 2.30. The third-order valence-electron chi connectivity index (χ3n) is 6.04. The molecule has 5 rings (SSSR count). The predicted molar refractivity (Wildman–Crippen MR) is 112 cm³/mol. The Morgan fingerprint density at radius 2 is 1.97 bits per heavy atom. The molecule has 0 radical (unpaired) electrons. The molecule has 150 valence electrons. The predicted octanol–water partition coefficient (Wildman–Crippen LogP) is 4.63. The van der Waals surface area contributed by atoms with Crippen LogP contribution in [0.2, 0.25) is 0 Å². The molecule has 3 heterocycles. The number of hydrogen-bond donors (Lipinski definition) is 1. The maximum atomic E-state index is 13.0. The topological polar surface area (TPSA) is 54.6 Å². The number of aromatic amines is 1. The van der Waals surface area contributed by atoms with Crippen LogP contribution >= 0.6 is 0 Å². The number of ether oxygens (including phenoxy) is 2. The number of carbonyl (C=O) groups is 1. The molecular weight excluding hydrogens is 364 g/mol. The smallest absolute Gasteiger partial charge is 0.223 e.